The van der Waals surface area contributed by atoms with Gasteiger partial charge in [0.1, 0.15) is 0 Å². The molecule has 2 heterocycles. The number of carbonyl (C=O) groups is 2. The summed E-state index contributed by atoms with van der Waals surface area (Å²) in [5.41, 5.74) is 5.22. The SMILES string of the molecule is COC(=O)C1=C(C)NC2=C(C(=O)CCC2)C1c1cc(-c2ccccc2)cs1. The number of thiophene rings is 1. The summed E-state index contributed by atoms with van der Waals surface area (Å²) in [7, 11) is 1.39. The zero-order chi connectivity index (χ0) is 19.0. The third kappa shape index (κ3) is 3.12. The minimum absolute atomic E-state index is 0.123. The van der Waals surface area contributed by atoms with Crippen LogP contribution >= 0.6 is 11.3 Å². The first kappa shape index (κ1) is 17.7. The molecule has 4 rings (SSSR count). The molecule has 4 nitrogen and oxygen atoms in total. The van der Waals surface area contributed by atoms with Crippen LogP contribution in [-0.2, 0) is 14.3 Å². The van der Waals surface area contributed by atoms with E-state index in [0.29, 0.717) is 12.0 Å². The highest BCUT2D eigenvalue weighted by molar-refractivity contribution is 7.10. The molecular weight excluding hydrogens is 358 g/mol. The second-order valence-electron chi connectivity index (χ2n) is 6.86. The highest BCUT2D eigenvalue weighted by Crippen LogP contribution is 2.45. The Kier molecular flexibility index (Phi) is 4.70. The van der Waals surface area contributed by atoms with E-state index in [-0.39, 0.29) is 17.7 Å². The van der Waals surface area contributed by atoms with Crippen LogP contribution in [0.4, 0.5) is 0 Å². The van der Waals surface area contributed by atoms with E-state index in [9.17, 15) is 9.59 Å². The summed E-state index contributed by atoms with van der Waals surface area (Å²) in [6, 6.07) is 12.2. The van der Waals surface area contributed by atoms with Gasteiger partial charge in [0.25, 0.3) is 0 Å². The van der Waals surface area contributed by atoms with Gasteiger partial charge in [-0.25, -0.2) is 4.79 Å². The zero-order valence-electron chi connectivity index (χ0n) is 15.4. The van der Waals surface area contributed by atoms with E-state index in [1.807, 2.05) is 25.1 Å². The Bertz CT molecular complexity index is 968. The molecule has 2 aliphatic rings. The number of benzene rings is 1. The number of carbonyl (C=O) groups excluding carboxylic acids is 2. The lowest BCUT2D eigenvalue weighted by molar-refractivity contribution is -0.136. The first-order valence-corrected chi connectivity index (χ1v) is 9.94. The van der Waals surface area contributed by atoms with Crippen LogP contribution in [0.1, 0.15) is 37.0 Å². The fourth-order valence-corrected chi connectivity index (χ4v) is 4.97. The number of methoxy groups -OCH3 is 1. The molecule has 1 unspecified atom stereocenters. The molecule has 0 amide bonds. The van der Waals surface area contributed by atoms with Crippen molar-refractivity contribution in [3.63, 3.8) is 0 Å². The van der Waals surface area contributed by atoms with Gasteiger partial charge >= 0.3 is 5.97 Å². The Morgan fingerprint density at radius 3 is 2.70 bits per heavy atom. The Balaban J connectivity index is 1.84. The molecule has 0 spiro atoms. The number of rotatable bonds is 3. The van der Waals surface area contributed by atoms with Gasteiger partial charge in [-0.1, -0.05) is 30.3 Å². The van der Waals surface area contributed by atoms with Crippen molar-refractivity contribution in [2.24, 2.45) is 0 Å². The lowest BCUT2D eigenvalue weighted by Gasteiger charge is -2.33. The molecule has 0 bridgehead atoms. The Hall–Kier alpha value is -2.66. The lowest BCUT2D eigenvalue weighted by Crippen LogP contribution is -2.33. The Morgan fingerprint density at radius 2 is 1.96 bits per heavy atom. The highest BCUT2D eigenvalue weighted by Gasteiger charge is 2.39. The van der Waals surface area contributed by atoms with E-state index in [1.165, 1.54) is 7.11 Å². The molecule has 1 atom stereocenters. The highest BCUT2D eigenvalue weighted by atomic mass is 32.1. The van der Waals surface area contributed by atoms with Crippen molar-refractivity contribution < 1.29 is 14.3 Å². The number of ether oxygens (including phenoxy) is 1. The summed E-state index contributed by atoms with van der Waals surface area (Å²) in [5.74, 6) is -0.620. The van der Waals surface area contributed by atoms with Crippen molar-refractivity contribution >= 4 is 23.1 Å². The monoisotopic (exact) mass is 379 g/mol. The molecule has 1 aromatic carbocycles. The smallest absolute Gasteiger partial charge is 0.336 e. The minimum atomic E-state index is -0.385. The average Bonchev–Trinajstić information content (AvgIpc) is 3.17. The fourth-order valence-electron chi connectivity index (χ4n) is 3.93. The maximum atomic E-state index is 12.8. The summed E-state index contributed by atoms with van der Waals surface area (Å²) in [6.07, 6.45) is 2.21. The molecule has 1 aliphatic carbocycles. The largest absolute Gasteiger partial charge is 0.466 e. The number of ketones is 1. The molecule has 0 fully saturated rings. The van der Waals surface area contributed by atoms with Crippen molar-refractivity contribution in [2.45, 2.75) is 32.1 Å². The fraction of sp³-hybridized carbons (Fsp3) is 0.273. The molecular formula is C22H21NO3S. The second kappa shape index (κ2) is 7.16. The van der Waals surface area contributed by atoms with Crippen LogP contribution in [0.5, 0.6) is 0 Å². The summed E-state index contributed by atoms with van der Waals surface area (Å²) in [5, 5.41) is 5.38. The van der Waals surface area contributed by atoms with E-state index < -0.39 is 0 Å². The van der Waals surface area contributed by atoms with Gasteiger partial charge in [0.2, 0.25) is 0 Å². The van der Waals surface area contributed by atoms with Gasteiger partial charge in [-0.15, -0.1) is 11.3 Å². The van der Waals surface area contributed by atoms with E-state index in [1.54, 1.807) is 11.3 Å². The van der Waals surface area contributed by atoms with Crippen LogP contribution in [0.2, 0.25) is 0 Å². The summed E-state index contributed by atoms with van der Waals surface area (Å²) in [6.45, 7) is 1.88. The predicted octanol–water partition coefficient (Wildman–Crippen LogP) is 4.56. The van der Waals surface area contributed by atoms with Gasteiger partial charge in [-0.05, 0) is 42.3 Å². The quantitative estimate of drug-likeness (QED) is 0.795. The summed E-state index contributed by atoms with van der Waals surface area (Å²) < 4.78 is 5.05. The average molecular weight is 379 g/mol. The van der Waals surface area contributed by atoms with Gasteiger partial charge in [-0.3, -0.25) is 4.79 Å². The third-order valence-corrected chi connectivity index (χ3v) is 6.19. The van der Waals surface area contributed by atoms with Crippen LogP contribution < -0.4 is 5.32 Å². The molecule has 138 valence electrons. The third-order valence-electron chi connectivity index (χ3n) is 5.19. The van der Waals surface area contributed by atoms with Gasteiger partial charge < -0.3 is 10.1 Å². The Morgan fingerprint density at radius 1 is 1.19 bits per heavy atom. The van der Waals surface area contributed by atoms with Crippen molar-refractivity contribution in [1.29, 1.82) is 0 Å². The molecule has 2 aromatic rings. The number of Topliss-reactive ketones (excluding diaryl/α,β-unsaturated/α-hetero) is 1. The molecule has 1 aromatic heterocycles. The van der Waals surface area contributed by atoms with Crippen LogP contribution in [0.3, 0.4) is 0 Å². The minimum Gasteiger partial charge on any atom is -0.466 e. The number of dihydropyridines is 1. The number of allylic oxidation sites excluding steroid dienone is 3. The van der Waals surface area contributed by atoms with E-state index in [4.69, 9.17) is 4.74 Å². The summed E-state index contributed by atoms with van der Waals surface area (Å²) >= 11 is 1.59. The van der Waals surface area contributed by atoms with Crippen LogP contribution in [-0.4, -0.2) is 18.9 Å². The number of esters is 1. The van der Waals surface area contributed by atoms with Crippen LogP contribution in [0, 0.1) is 0 Å². The van der Waals surface area contributed by atoms with Gasteiger partial charge in [-0.2, -0.15) is 0 Å². The first-order valence-electron chi connectivity index (χ1n) is 9.06. The van der Waals surface area contributed by atoms with E-state index in [2.05, 4.69) is 28.9 Å². The molecule has 5 heteroatoms. The molecule has 0 radical (unpaired) electrons. The molecule has 1 N–H and O–H groups in total. The van der Waals surface area contributed by atoms with Crippen LogP contribution in [0.25, 0.3) is 11.1 Å². The van der Waals surface area contributed by atoms with E-state index >= 15 is 0 Å². The van der Waals surface area contributed by atoms with E-state index in [0.717, 1.165) is 45.8 Å². The Labute approximate surface area is 162 Å². The molecule has 0 saturated heterocycles. The molecule has 27 heavy (non-hydrogen) atoms. The van der Waals surface area contributed by atoms with Crippen molar-refractivity contribution in [1.82, 2.24) is 5.32 Å². The standard InChI is InChI=1S/C22H21NO3S/c1-13-19(22(25)26-2)21(20-16(23-13)9-6-10-17(20)24)18-11-15(12-27-18)14-7-4-3-5-8-14/h3-5,7-8,11-12,21,23H,6,9-10H2,1-2H3. The lowest BCUT2D eigenvalue weighted by atomic mass is 9.78. The molecule has 1 aliphatic heterocycles. The van der Waals surface area contributed by atoms with Crippen molar-refractivity contribution in [3.05, 3.63) is 69.2 Å². The van der Waals surface area contributed by atoms with Crippen molar-refractivity contribution in [3.8, 4) is 11.1 Å². The van der Waals surface area contributed by atoms with Gasteiger partial charge in [0.05, 0.1) is 18.6 Å². The molecule has 0 saturated carbocycles. The van der Waals surface area contributed by atoms with Gasteiger partial charge in [0, 0.05) is 28.3 Å². The maximum absolute atomic E-state index is 12.8. The number of hydrogen-bond acceptors (Lipinski definition) is 5. The van der Waals surface area contributed by atoms with Crippen LogP contribution in [0.15, 0.2) is 64.3 Å². The van der Waals surface area contributed by atoms with Gasteiger partial charge in [0.15, 0.2) is 5.78 Å². The topological polar surface area (TPSA) is 55.4 Å². The predicted molar refractivity (Wildman–Crippen MR) is 106 cm³/mol. The maximum Gasteiger partial charge on any atom is 0.336 e. The first-order chi connectivity index (χ1) is 13.1. The second-order valence-corrected chi connectivity index (χ2v) is 7.80. The normalized spacial score (nSPS) is 19.6. The number of nitrogens with one attached hydrogen (secondary N) is 1. The summed E-state index contributed by atoms with van der Waals surface area (Å²) in [4.78, 5) is 26.4. The number of hydrogen-bond donors (Lipinski definition) is 1. The van der Waals surface area contributed by atoms with Crippen molar-refractivity contribution in [2.75, 3.05) is 7.11 Å². The zero-order valence-corrected chi connectivity index (χ0v) is 16.2.